The fourth-order valence-electron chi connectivity index (χ4n) is 3.06. The summed E-state index contributed by atoms with van der Waals surface area (Å²) in [5.74, 6) is -0.552. The molecule has 0 fully saturated rings. The van der Waals surface area contributed by atoms with Gasteiger partial charge in [-0.1, -0.05) is 67.9 Å². The van der Waals surface area contributed by atoms with Gasteiger partial charge in [-0.15, -0.1) is 0 Å². The molecule has 2 aromatic rings. The SMILES string of the molecule is CC(C)CNC(=O)C(C)N(Cc1ccccc1)C(=O)CN(c1ccccc1Cl)S(C)(=O)=O. The minimum atomic E-state index is -3.81. The molecular formula is C23H30ClN3O4S. The molecule has 0 saturated heterocycles. The van der Waals surface area contributed by atoms with E-state index in [4.69, 9.17) is 11.6 Å². The summed E-state index contributed by atoms with van der Waals surface area (Å²) in [6, 6.07) is 14.9. The summed E-state index contributed by atoms with van der Waals surface area (Å²) in [7, 11) is -3.81. The Bertz CT molecular complexity index is 1030. The number of rotatable bonds is 10. The van der Waals surface area contributed by atoms with Crippen molar-refractivity contribution in [1.29, 1.82) is 0 Å². The van der Waals surface area contributed by atoms with Gasteiger partial charge in [0.05, 0.1) is 17.0 Å². The predicted octanol–water partition coefficient (Wildman–Crippen LogP) is 3.30. The minimum absolute atomic E-state index is 0.163. The number of sulfonamides is 1. The van der Waals surface area contributed by atoms with E-state index >= 15 is 0 Å². The Morgan fingerprint density at radius 2 is 1.59 bits per heavy atom. The lowest BCUT2D eigenvalue weighted by atomic mass is 10.1. The molecule has 9 heteroatoms. The van der Waals surface area contributed by atoms with E-state index < -0.39 is 28.5 Å². The minimum Gasteiger partial charge on any atom is -0.354 e. The van der Waals surface area contributed by atoms with Gasteiger partial charge in [-0.05, 0) is 30.5 Å². The maximum atomic E-state index is 13.4. The molecule has 0 heterocycles. The first kappa shape index (κ1) is 25.7. The van der Waals surface area contributed by atoms with Crippen molar-refractivity contribution >= 4 is 39.1 Å². The second kappa shape index (κ2) is 11.3. The van der Waals surface area contributed by atoms with Crippen LogP contribution >= 0.6 is 11.6 Å². The number of carbonyl (C=O) groups excluding carboxylic acids is 2. The molecule has 0 aliphatic heterocycles. The summed E-state index contributed by atoms with van der Waals surface area (Å²) in [6.45, 7) is 5.76. The molecule has 0 saturated carbocycles. The fourth-order valence-corrected chi connectivity index (χ4v) is 4.21. The number of amides is 2. The third-order valence-corrected chi connectivity index (χ3v) is 6.29. The number of para-hydroxylation sites is 1. The molecule has 0 spiro atoms. The van der Waals surface area contributed by atoms with E-state index in [2.05, 4.69) is 5.32 Å². The molecular weight excluding hydrogens is 450 g/mol. The van der Waals surface area contributed by atoms with Crippen LogP contribution in [0.15, 0.2) is 54.6 Å². The molecule has 7 nitrogen and oxygen atoms in total. The highest BCUT2D eigenvalue weighted by Crippen LogP contribution is 2.27. The van der Waals surface area contributed by atoms with Gasteiger partial charge in [0.1, 0.15) is 12.6 Å². The maximum absolute atomic E-state index is 13.4. The van der Waals surface area contributed by atoms with Gasteiger partial charge in [-0.3, -0.25) is 13.9 Å². The first-order valence-electron chi connectivity index (χ1n) is 10.3. The van der Waals surface area contributed by atoms with E-state index in [1.165, 1.54) is 11.0 Å². The molecule has 0 bridgehead atoms. The molecule has 2 aromatic carbocycles. The molecule has 1 atom stereocenters. The van der Waals surface area contributed by atoms with Crippen molar-refractivity contribution in [2.45, 2.75) is 33.4 Å². The molecule has 2 amide bonds. The third-order valence-electron chi connectivity index (χ3n) is 4.85. The lowest BCUT2D eigenvalue weighted by molar-refractivity contribution is -0.139. The van der Waals surface area contributed by atoms with Crippen LogP contribution in [-0.4, -0.2) is 50.5 Å². The Kier molecular flexibility index (Phi) is 9.09. The molecule has 1 unspecified atom stereocenters. The van der Waals surface area contributed by atoms with E-state index in [9.17, 15) is 18.0 Å². The van der Waals surface area contributed by atoms with Crippen LogP contribution in [0.3, 0.4) is 0 Å². The summed E-state index contributed by atoms with van der Waals surface area (Å²) >= 11 is 6.21. The van der Waals surface area contributed by atoms with Gasteiger partial charge in [0.2, 0.25) is 21.8 Å². The second-order valence-electron chi connectivity index (χ2n) is 8.04. The third kappa shape index (κ3) is 7.24. The van der Waals surface area contributed by atoms with Gasteiger partial charge < -0.3 is 10.2 Å². The van der Waals surface area contributed by atoms with E-state index in [0.717, 1.165) is 16.1 Å². The first-order valence-corrected chi connectivity index (χ1v) is 12.6. The fraction of sp³-hybridized carbons (Fsp3) is 0.391. The standard InChI is InChI=1S/C23H30ClN3O4S/c1-17(2)14-25-23(29)18(3)26(15-19-10-6-5-7-11-19)22(28)16-27(32(4,30)31)21-13-9-8-12-20(21)24/h5-13,17-18H,14-16H2,1-4H3,(H,25,29). The molecule has 0 radical (unpaired) electrons. The Labute approximate surface area is 195 Å². The Hall–Kier alpha value is -2.58. The zero-order valence-corrected chi connectivity index (χ0v) is 20.4. The number of benzene rings is 2. The van der Waals surface area contributed by atoms with Gasteiger partial charge in [0.15, 0.2) is 0 Å². The molecule has 0 aliphatic rings. The zero-order valence-electron chi connectivity index (χ0n) is 18.8. The van der Waals surface area contributed by atoms with Crippen LogP contribution in [0.4, 0.5) is 5.69 Å². The van der Waals surface area contributed by atoms with Gasteiger partial charge in [0.25, 0.3) is 0 Å². The van der Waals surface area contributed by atoms with Crippen LogP contribution in [0.25, 0.3) is 0 Å². The highest BCUT2D eigenvalue weighted by atomic mass is 35.5. The van der Waals surface area contributed by atoms with Crippen LogP contribution in [0.2, 0.25) is 5.02 Å². The lowest BCUT2D eigenvalue weighted by Crippen LogP contribution is -2.51. The van der Waals surface area contributed by atoms with Crippen molar-refractivity contribution < 1.29 is 18.0 Å². The smallest absolute Gasteiger partial charge is 0.244 e. The number of hydrogen-bond donors (Lipinski definition) is 1. The summed E-state index contributed by atoms with van der Waals surface area (Å²) in [4.78, 5) is 27.5. The molecule has 2 rings (SSSR count). The van der Waals surface area contributed by atoms with Crippen molar-refractivity contribution in [1.82, 2.24) is 10.2 Å². The van der Waals surface area contributed by atoms with Crippen molar-refractivity contribution in [3.05, 3.63) is 65.2 Å². The van der Waals surface area contributed by atoms with Crippen LogP contribution in [0.5, 0.6) is 0 Å². The van der Waals surface area contributed by atoms with Crippen molar-refractivity contribution in [3.8, 4) is 0 Å². The van der Waals surface area contributed by atoms with Gasteiger partial charge >= 0.3 is 0 Å². The van der Waals surface area contributed by atoms with E-state index in [0.29, 0.717) is 6.54 Å². The monoisotopic (exact) mass is 479 g/mol. The van der Waals surface area contributed by atoms with E-state index in [-0.39, 0.29) is 29.1 Å². The normalized spacial score (nSPS) is 12.3. The van der Waals surface area contributed by atoms with Crippen molar-refractivity contribution in [2.75, 3.05) is 23.7 Å². The molecule has 0 aliphatic carbocycles. The highest BCUT2D eigenvalue weighted by Gasteiger charge is 2.30. The lowest BCUT2D eigenvalue weighted by Gasteiger charge is -2.31. The van der Waals surface area contributed by atoms with Crippen LogP contribution in [0, 0.1) is 5.92 Å². The Morgan fingerprint density at radius 1 is 1.00 bits per heavy atom. The second-order valence-corrected chi connectivity index (χ2v) is 10.4. The van der Waals surface area contributed by atoms with Crippen LogP contribution < -0.4 is 9.62 Å². The average Bonchev–Trinajstić information content (AvgIpc) is 2.74. The topological polar surface area (TPSA) is 86.8 Å². The maximum Gasteiger partial charge on any atom is 0.244 e. The van der Waals surface area contributed by atoms with Gasteiger partial charge in [-0.25, -0.2) is 8.42 Å². The highest BCUT2D eigenvalue weighted by molar-refractivity contribution is 7.92. The summed E-state index contributed by atoms with van der Waals surface area (Å²) < 4.78 is 26.0. The average molecular weight is 480 g/mol. The van der Waals surface area contributed by atoms with Crippen LogP contribution in [-0.2, 0) is 26.2 Å². The van der Waals surface area contributed by atoms with Crippen molar-refractivity contribution in [3.63, 3.8) is 0 Å². The number of nitrogens with zero attached hydrogens (tertiary/aromatic N) is 2. The van der Waals surface area contributed by atoms with E-state index in [1.807, 2.05) is 44.2 Å². The zero-order chi connectivity index (χ0) is 23.9. The first-order chi connectivity index (χ1) is 15.0. The Balaban J connectivity index is 2.35. The summed E-state index contributed by atoms with van der Waals surface area (Å²) in [5, 5.41) is 3.05. The molecule has 32 heavy (non-hydrogen) atoms. The molecule has 174 valence electrons. The number of halogens is 1. The van der Waals surface area contributed by atoms with E-state index in [1.54, 1.807) is 25.1 Å². The quantitative estimate of drug-likeness (QED) is 0.566. The van der Waals surface area contributed by atoms with Crippen molar-refractivity contribution in [2.24, 2.45) is 5.92 Å². The molecule has 1 N–H and O–H groups in total. The largest absolute Gasteiger partial charge is 0.354 e. The number of anilines is 1. The Morgan fingerprint density at radius 3 is 2.16 bits per heavy atom. The van der Waals surface area contributed by atoms with Gasteiger partial charge in [-0.2, -0.15) is 0 Å². The summed E-state index contributed by atoms with van der Waals surface area (Å²) in [5.41, 5.74) is 1.04. The number of carbonyl (C=O) groups is 2. The summed E-state index contributed by atoms with van der Waals surface area (Å²) in [6.07, 6.45) is 1.02. The molecule has 0 aromatic heterocycles. The number of hydrogen-bond acceptors (Lipinski definition) is 4. The number of nitrogens with one attached hydrogen (secondary N) is 1. The van der Waals surface area contributed by atoms with Crippen LogP contribution in [0.1, 0.15) is 26.3 Å². The predicted molar refractivity (Wildman–Crippen MR) is 128 cm³/mol. The van der Waals surface area contributed by atoms with Gasteiger partial charge in [0, 0.05) is 13.1 Å².